The van der Waals surface area contributed by atoms with E-state index in [-0.39, 0.29) is 0 Å². The summed E-state index contributed by atoms with van der Waals surface area (Å²) in [7, 11) is 1.93. The molecule has 0 radical (unpaired) electrons. The lowest BCUT2D eigenvalue weighted by molar-refractivity contribution is -0.145. The Hall–Kier alpha value is -1.55. The normalized spacial score (nSPS) is 16.9. The summed E-state index contributed by atoms with van der Waals surface area (Å²) < 4.78 is 0. The molecule has 0 spiro atoms. The van der Waals surface area contributed by atoms with Crippen LogP contribution >= 0.6 is 0 Å². The third-order valence-corrected chi connectivity index (χ3v) is 3.62. The van der Waals surface area contributed by atoms with Crippen molar-refractivity contribution in [3.05, 3.63) is 29.8 Å². The Morgan fingerprint density at radius 3 is 2.44 bits per heavy atom. The fourth-order valence-corrected chi connectivity index (χ4v) is 2.22. The molecule has 1 fully saturated rings. The van der Waals surface area contributed by atoms with Crippen LogP contribution in [0.5, 0.6) is 0 Å². The lowest BCUT2D eigenvalue weighted by Crippen LogP contribution is -2.52. The van der Waals surface area contributed by atoms with Gasteiger partial charge in [-0.15, -0.1) is 0 Å². The highest BCUT2D eigenvalue weighted by atomic mass is 16.4. The van der Waals surface area contributed by atoms with Crippen molar-refractivity contribution < 1.29 is 9.90 Å². The lowest BCUT2D eigenvalue weighted by Gasteiger charge is -2.39. The predicted octanol–water partition coefficient (Wildman–Crippen LogP) is 1.87. The van der Waals surface area contributed by atoms with Gasteiger partial charge in [-0.1, -0.05) is 12.1 Å². The number of rotatable bonds is 6. The summed E-state index contributed by atoms with van der Waals surface area (Å²) in [6.07, 6.45) is 3.40. The van der Waals surface area contributed by atoms with E-state index in [9.17, 15) is 9.90 Å². The number of hydrogen-bond donors (Lipinski definition) is 3. The number of hydrogen-bond acceptors (Lipinski definition) is 3. The molecule has 0 bridgehead atoms. The quantitative estimate of drug-likeness (QED) is 0.719. The minimum absolute atomic E-state index is 0.712. The molecule has 0 saturated heterocycles. The highest BCUT2D eigenvalue weighted by Gasteiger charge is 2.44. The SMILES string of the molecule is CNCCc1ccc(NC2(C(=O)O)CCC2)cc1. The Kier molecular flexibility index (Phi) is 3.87. The first-order valence-corrected chi connectivity index (χ1v) is 6.41. The average molecular weight is 248 g/mol. The molecular weight excluding hydrogens is 228 g/mol. The topological polar surface area (TPSA) is 61.4 Å². The molecule has 0 aromatic heterocycles. The van der Waals surface area contributed by atoms with Crippen LogP contribution in [0.1, 0.15) is 24.8 Å². The van der Waals surface area contributed by atoms with Gasteiger partial charge in [0.2, 0.25) is 0 Å². The second-order valence-electron chi connectivity index (χ2n) is 4.92. The molecule has 0 heterocycles. The molecule has 0 aliphatic heterocycles. The zero-order chi connectivity index (χ0) is 13.0. The van der Waals surface area contributed by atoms with Crippen molar-refractivity contribution in [3.63, 3.8) is 0 Å². The summed E-state index contributed by atoms with van der Waals surface area (Å²) in [5, 5.41) is 15.5. The summed E-state index contributed by atoms with van der Waals surface area (Å²) in [5.74, 6) is -0.743. The summed E-state index contributed by atoms with van der Waals surface area (Å²) in [6, 6.07) is 8.03. The molecule has 18 heavy (non-hydrogen) atoms. The number of anilines is 1. The van der Waals surface area contributed by atoms with Gasteiger partial charge in [-0.2, -0.15) is 0 Å². The van der Waals surface area contributed by atoms with Crippen LogP contribution in [0.3, 0.4) is 0 Å². The van der Waals surface area contributed by atoms with Gasteiger partial charge in [0.05, 0.1) is 0 Å². The number of aliphatic carboxylic acids is 1. The number of nitrogens with one attached hydrogen (secondary N) is 2. The van der Waals surface area contributed by atoms with Crippen LogP contribution in [0, 0.1) is 0 Å². The van der Waals surface area contributed by atoms with Crippen molar-refractivity contribution in [2.75, 3.05) is 18.9 Å². The molecule has 2 rings (SSSR count). The third kappa shape index (κ3) is 2.64. The molecule has 4 nitrogen and oxygen atoms in total. The van der Waals surface area contributed by atoms with Crippen LogP contribution < -0.4 is 10.6 Å². The zero-order valence-corrected chi connectivity index (χ0v) is 10.7. The van der Waals surface area contributed by atoms with Crippen LogP contribution in [-0.2, 0) is 11.2 Å². The van der Waals surface area contributed by atoms with Crippen LogP contribution in [-0.4, -0.2) is 30.2 Å². The van der Waals surface area contributed by atoms with Gasteiger partial charge in [0.25, 0.3) is 0 Å². The fourth-order valence-electron chi connectivity index (χ4n) is 2.22. The number of carboxylic acids is 1. The van der Waals surface area contributed by atoms with E-state index < -0.39 is 11.5 Å². The fraction of sp³-hybridized carbons (Fsp3) is 0.500. The number of likely N-dealkylation sites (N-methyl/N-ethyl adjacent to an activating group) is 1. The summed E-state index contributed by atoms with van der Waals surface area (Å²) in [4.78, 5) is 11.2. The van der Waals surface area contributed by atoms with E-state index in [4.69, 9.17) is 0 Å². The first-order chi connectivity index (χ1) is 8.66. The van der Waals surface area contributed by atoms with E-state index in [2.05, 4.69) is 10.6 Å². The van der Waals surface area contributed by atoms with E-state index in [1.807, 2.05) is 31.3 Å². The van der Waals surface area contributed by atoms with Crippen molar-refractivity contribution in [2.24, 2.45) is 0 Å². The highest BCUT2D eigenvalue weighted by molar-refractivity contribution is 5.84. The van der Waals surface area contributed by atoms with Crippen LogP contribution in [0.25, 0.3) is 0 Å². The Labute approximate surface area is 107 Å². The van der Waals surface area contributed by atoms with Gasteiger partial charge in [0.1, 0.15) is 5.54 Å². The standard InChI is InChI=1S/C14H20N2O2/c1-15-10-7-11-3-5-12(6-4-11)16-14(13(17)18)8-2-9-14/h3-6,15-16H,2,7-10H2,1H3,(H,17,18). The Balaban J connectivity index is 1.99. The van der Waals surface area contributed by atoms with Gasteiger partial charge >= 0.3 is 5.97 Å². The van der Waals surface area contributed by atoms with Crippen molar-refractivity contribution in [3.8, 4) is 0 Å². The molecular formula is C14H20N2O2. The van der Waals surface area contributed by atoms with E-state index in [1.54, 1.807) is 0 Å². The molecule has 0 atom stereocenters. The van der Waals surface area contributed by atoms with E-state index in [0.29, 0.717) is 12.8 Å². The smallest absolute Gasteiger partial charge is 0.329 e. The van der Waals surface area contributed by atoms with Crippen molar-refractivity contribution in [1.29, 1.82) is 0 Å². The van der Waals surface area contributed by atoms with Gasteiger partial charge in [-0.05, 0) is 57.0 Å². The molecule has 0 amide bonds. The molecule has 1 aliphatic rings. The second kappa shape index (κ2) is 5.40. The minimum atomic E-state index is -0.743. The maximum absolute atomic E-state index is 11.2. The minimum Gasteiger partial charge on any atom is -0.480 e. The highest BCUT2D eigenvalue weighted by Crippen LogP contribution is 2.35. The predicted molar refractivity (Wildman–Crippen MR) is 71.9 cm³/mol. The molecule has 1 aromatic carbocycles. The Bertz CT molecular complexity index is 410. The molecule has 1 aromatic rings. The Morgan fingerprint density at radius 1 is 1.33 bits per heavy atom. The van der Waals surface area contributed by atoms with Crippen LogP contribution in [0.15, 0.2) is 24.3 Å². The monoisotopic (exact) mass is 248 g/mol. The van der Waals surface area contributed by atoms with Gasteiger partial charge in [0, 0.05) is 5.69 Å². The second-order valence-corrected chi connectivity index (χ2v) is 4.92. The largest absolute Gasteiger partial charge is 0.480 e. The van der Waals surface area contributed by atoms with Gasteiger partial charge in [-0.3, -0.25) is 0 Å². The molecule has 1 aliphatic carbocycles. The van der Waals surface area contributed by atoms with Crippen molar-refractivity contribution >= 4 is 11.7 Å². The van der Waals surface area contributed by atoms with Gasteiger partial charge in [-0.25, -0.2) is 4.79 Å². The number of carbonyl (C=O) groups is 1. The van der Waals surface area contributed by atoms with Crippen LogP contribution in [0.2, 0.25) is 0 Å². The molecule has 0 unspecified atom stereocenters. The van der Waals surface area contributed by atoms with Gasteiger partial charge in [0.15, 0.2) is 0 Å². The molecule has 98 valence electrons. The first-order valence-electron chi connectivity index (χ1n) is 6.41. The lowest BCUT2D eigenvalue weighted by atomic mass is 9.76. The summed E-state index contributed by atoms with van der Waals surface area (Å²) >= 11 is 0. The van der Waals surface area contributed by atoms with Gasteiger partial charge < -0.3 is 15.7 Å². The van der Waals surface area contributed by atoms with Crippen molar-refractivity contribution in [2.45, 2.75) is 31.2 Å². The first kappa shape index (κ1) is 12.9. The van der Waals surface area contributed by atoms with E-state index in [0.717, 1.165) is 25.1 Å². The van der Waals surface area contributed by atoms with Crippen molar-refractivity contribution in [1.82, 2.24) is 5.32 Å². The average Bonchev–Trinajstić information content (AvgIpc) is 2.32. The maximum Gasteiger partial charge on any atom is 0.329 e. The molecule has 1 saturated carbocycles. The number of benzene rings is 1. The third-order valence-electron chi connectivity index (χ3n) is 3.62. The molecule has 3 N–H and O–H groups in total. The molecule has 4 heteroatoms. The Morgan fingerprint density at radius 2 is 2.00 bits per heavy atom. The zero-order valence-electron chi connectivity index (χ0n) is 10.7. The van der Waals surface area contributed by atoms with Crippen LogP contribution in [0.4, 0.5) is 5.69 Å². The summed E-state index contributed by atoms with van der Waals surface area (Å²) in [5.41, 5.74) is 1.42. The number of carboxylic acid groups (broad SMARTS) is 1. The van der Waals surface area contributed by atoms with E-state index >= 15 is 0 Å². The van der Waals surface area contributed by atoms with E-state index in [1.165, 1.54) is 5.56 Å². The summed E-state index contributed by atoms with van der Waals surface area (Å²) in [6.45, 7) is 0.950. The maximum atomic E-state index is 11.2.